The molecule has 3 heteroatoms. The van der Waals surface area contributed by atoms with Crippen LogP contribution in [0.15, 0.2) is 168 Å². The quantitative estimate of drug-likeness (QED) is 0.180. The Morgan fingerprint density at radius 3 is 1.91 bits per heavy atom. The van der Waals surface area contributed by atoms with E-state index >= 15 is 0 Å². The Hall–Kier alpha value is -6.84. The maximum Gasteiger partial charge on any atom is 0.135 e. The number of furan rings is 1. The lowest BCUT2D eigenvalue weighted by molar-refractivity contribution is 0.631. The number of anilines is 3. The zero-order chi connectivity index (χ0) is 39.1. The van der Waals surface area contributed by atoms with E-state index in [1.165, 1.54) is 88.9 Å². The number of hydrogen-bond acceptors (Lipinski definition) is 2. The number of hydrogen-bond donors (Lipinski definition) is 0. The zero-order valence-corrected chi connectivity index (χ0v) is 33.4. The van der Waals surface area contributed by atoms with Crippen LogP contribution in [-0.4, -0.2) is 4.57 Å². The van der Waals surface area contributed by atoms with Gasteiger partial charge in [-0.2, -0.15) is 0 Å². The predicted octanol–water partition coefficient (Wildman–Crippen LogP) is 15.1. The molecule has 0 N–H and O–H groups in total. The third kappa shape index (κ3) is 4.50. The summed E-state index contributed by atoms with van der Waals surface area (Å²) in [4.78, 5) is 2.45. The Morgan fingerprint density at radius 2 is 1.07 bits per heavy atom. The van der Waals surface area contributed by atoms with Crippen LogP contribution < -0.4 is 4.90 Å². The second-order valence-corrected chi connectivity index (χ2v) is 17.5. The maximum atomic E-state index is 6.24. The van der Waals surface area contributed by atoms with Gasteiger partial charge in [0.1, 0.15) is 11.2 Å². The van der Waals surface area contributed by atoms with Crippen molar-refractivity contribution in [3.63, 3.8) is 0 Å². The Morgan fingerprint density at radius 1 is 0.414 bits per heavy atom. The Labute approximate surface area is 338 Å². The van der Waals surface area contributed by atoms with Gasteiger partial charge in [0.05, 0.1) is 22.4 Å². The largest absolute Gasteiger partial charge is 0.456 e. The molecular weight excluding hydrogens is 705 g/mol. The van der Waals surface area contributed by atoms with Crippen molar-refractivity contribution in [3.05, 3.63) is 192 Å². The van der Waals surface area contributed by atoms with Crippen LogP contribution in [0.4, 0.5) is 17.1 Å². The van der Waals surface area contributed by atoms with Crippen LogP contribution in [0.1, 0.15) is 55.5 Å². The third-order valence-corrected chi connectivity index (χ3v) is 13.4. The summed E-state index contributed by atoms with van der Waals surface area (Å²) in [6.07, 6.45) is 0. The minimum absolute atomic E-state index is 0.0688. The SMILES string of the molecule is Cc1ccc2c(c1)C(C)(C)c1cc(-c3ccc(-n4c5ccccc5c5cc6c(cc54)C(C)(C)c4ccccc4-6)cc3)ccc1N2c1ccc2oc3ccccc3c2c1. The smallest absolute Gasteiger partial charge is 0.135 e. The van der Waals surface area contributed by atoms with Crippen LogP contribution in [0.2, 0.25) is 0 Å². The van der Waals surface area contributed by atoms with Gasteiger partial charge in [-0.3, -0.25) is 0 Å². The number of benzene rings is 8. The number of para-hydroxylation sites is 2. The Kier molecular flexibility index (Phi) is 6.67. The molecule has 12 rings (SSSR count). The molecule has 0 bridgehead atoms. The number of nitrogens with zero attached hydrogens (tertiary/aromatic N) is 2. The summed E-state index contributed by atoms with van der Waals surface area (Å²) in [7, 11) is 0. The number of rotatable bonds is 3. The van der Waals surface area contributed by atoms with E-state index in [1.54, 1.807) is 0 Å². The van der Waals surface area contributed by atoms with Crippen molar-refractivity contribution in [2.24, 2.45) is 0 Å². The van der Waals surface area contributed by atoms with Crippen molar-refractivity contribution >= 4 is 60.8 Å². The van der Waals surface area contributed by atoms with E-state index in [-0.39, 0.29) is 10.8 Å². The molecule has 0 unspecified atom stereocenters. The molecule has 58 heavy (non-hydrogen) atoms. The second kappa shape index (κ2) is 11.6. The Bertz CT molecular complexity index is 3350. The maximum absolute atomic E-state index is 6.24. The highest BCUT2D eigenvalue weighted by atomic mass is 16.3. The molecular formula is C55H42N2O. The summed E-state index contributed by atoms with van der Waals surface area (Å²) in [5.41, 5.74) is 20.6. The van der Waals surface area contributed by atoms with Crippen molar-refractivity contribution in [1.29, 1.82) is 0 Å². The fraction of sp³-hybridized carbons (Fsp3) is 0.127. The lowest BCUT2D eigenvalue weighted by atomic mass is 9.72. The minimum Gasteiger partial charge on any atom is -0.456 e. The lowest BCUT2D eigenvalue weighted by Crippen LogP contribution is -2.30. The summed E-state index contributed by atoms with van der Waals surface area (Å²) in [5.74, 6) is 0. The molecule has 1 aliphatic carbocycles. The molecule has 0 saturated carbocycles. The van der Waals surface area contributed by atoms with Crippen LogP contribution >= 0.6 is 0 Å². The van der Waals surface area contributed by atoms with Gasteiger partial charge in [-0.15, -0.1) is 0 Å². The first-order chi connectivity index (χ1) is 28.2. The van der Waals surface area contributed by atoms with E-state index in [2.05, 4.69) is 196 Å². The molecule has 0 saturated heterocycles. The first kappa shape index (κ1) is 33.3. The highest BCUT2D eigenvalue weighted by molar-refractivity contribution is 6.12. The first-order valence-corrected chi connectivity index (χ1v) is 20.4. The van der Waals surface area contributed by atoms with Gasteiger partial charge in [0.15, 0.2) is 0 Å². The van der Waals surface area contributed by atoms with Crippen molar-refractivity contribution < 1.29 is 4.42 Å². The number of fused-ring (bicyclic) bond motifs is 11. The predicted molar refractivity (Wildman–Crippen MR) is 243 cm³/mol. The van der Waals surface area contributed by atoms with E-state index in [0.717, 1.165) is 27.6 Å². The van der Waals surface area contributed by atoms with Gasteiger partial charge in [-0.05, 0) is 124 Å². The minimum atomic E-state index is -0.216. The van der Waals surface area contributed by atoms with Crippen molar-refractivity contribution in [2.75, 3.05) is 4.90 Å². The van der Waals surface area contributed by atoms with E-state index in [1.807, 2.05) is 12.1 Å². The van der Waals surface area contributed by atoms with Crippen molar-refractivity contribution in [2.45, 2.75) is 45.4 Å². The summed E-state index contributed by atoms with van der Waals surface area (Å²) in [5, 5.41) is 4.84. The molecule has 0 fully saturated rings. The lowest BCUT2D eigenvalue weighted by Gasteiger charge is -2.42. The number of aryl methyl sites for hydroxylation is 1. The van der Waals surface area contributed by atoms with Gasteiger partial charge in [0.2, 0.25) is 0 Å². The number of aromatic nitrogens is 1. The molecule has 10 aromatic rings. The van der Waals surface area contributed by atoms with Crippen LogP contribution in [-0.2, 0) is 10.8 Å². The van der Waals surface area contributed by atoms with E-state index in [0.29, 0.717) is 0 Å². The highest BCUT2D eigenvalue weighted by Crippen LogP contribution is 2.54. The van der Waals surface area contributed by atoms with Crippen LogP contribution in [0.3, 0.4) is 0 Å². The Balaban J connectivity index is 0.984. The summed E-state index contributed by atoms with van der Waals surface area (Å²) < 4.78 is 8.70. The highest BCUT2D eigenvalue weighted by Gasteiger charge is 2.38. The molecule has 3 heterocycles. The van der Waals surface area contributed by atoms with Crippen molar-refractivity contribution in [3.8, 4) is 27.9 Å². The molecule has 0 amide bonds. The van der Waals surface area contributed by atoms with Gasteiger partial charge >= 0.3 is 0 Å². The second-order valence-electron chi connectivity index (χ2n) is 17.5. The molecule has 1 aliphatic heterocycles. The molecule has 2 aromatic heterocycles. The van der Waals surface area contributed by atoms with Gasteiger partial charge < -0.3 is 13.9 Å². The average Bonchev–Trinajstić information content (AvgIpc) is 3.85. The van der Waals surface area contributed by atoms with E-state index in [4.69, 9.17) is 4.42 Å². The van der Waals surface area contributed by atoms with E-state index < -0.39 is 0 Å². The van der Waals surface area contributed by atoms with Gasteiger partial charge in [0, 0.05) is 43.7 Å². The first-order valence-electron chi connectivity index (χ1n) is 20.4. The van der Waals surface area contributed by atoms with Crippen LogP contribution in [0.25, 0.3) is 71.7 Å². The molecule has 278 valence electrons. The fourth-order valence-corrected chi connectivity index (χ4v) is 10.4. The molecule has 0 radical (unpaired) electrons. The van der Waals surface area contributed by atoms with Crippen LogP contribution in [0, 0.1) is 6.92 Å². The summed E-state index contributed by atoms with van der Waals surface area (Å²) >= 11 is 0. The summed E-state index contributed by atoms with van der Waals surface area (Å²) in [6.45, 7) is 11.7. The van der Waals surface area contributed by atoms with Gasteiger partial charge in [-0.25, -0.2) is 0 Å². The van der Waals surface area contributed by atoms with E-state index in [9.17, 15) is 0 Å². The zero-order valence-electron chi connectivity index (χ0n) is 33.4. The van der Waals surface area contributed by atoms with Gasteiger partial charge in [-0.1, -0.05) is 124 Å². The summed E-state index contributed by atoms with van der Waals surface area (Å²) in [6, 6.07) is 60.8. The normalized spacial score (nSPS) is 14.9. The topological polar surface area (TPSA) is 21.3 Å². The fourth-order valence-electron chi connectivity index (χ4n) is 10.4. The van der Waals surface area contributed by atoms with Crippen molar-refractivity contribution in [1.82, 2.24) is 4.57 Å². The van der Waals surface area contributed by atoms with Crippen LogP contribution in [0.5, 0.6) is 0 Å². The molecule has 3 nitrogen and oxygen atoms in total. The molecule has 2 aliphatic rings. The monoisotopic (exact) mass is 746 g/mol. The standard InChI is InChI=1S/C55H42N2O/c1-33-18-25-49-46(28-33)55(4,5)47-29-35(21-26-50(47)57(49)37-24-27-53-43(30-37)40-14-8-11-17-52(40)58-53)34-19-22-36(23-20-34)56-48-16-10-7-13-39(48)42-31-41-38-12-6-9-15-44(38)54(2,3)45(41)32-51(42)56/h6-32H,1-5H3. The molecule has 0 spiro atoms. The average molecular weight is 747 g/mol. The van der Waals surface area contributed by atoms with Gasteiger partial charge in [0.25, 0.3) is 0 Å². The third-order valence-electron chi connectivity index (χ3n) is 13.4. The molecule has 8 aromatic carbocycles. The molecule has 0 atom stereocenters.